The molecule has 170 valence electrons. The highest BCUT2D eigenvalue weighted by Gasteiger charge is 2.31. The highest BCUT2D eigenvalue weighted by atomic mass is 16.3. The van der Waals surface area contributed by atoms with Gasteiger partial charge in [0, 0.05) is 28.2 Å². The summed E-state index contributed by atoms with van der Waals surface area (Å²) < 4.78 is 6.36. The standard InChI is InChI=1S/C30H34N2O/c1-3-23-13-15-26-25-10-7-11-27(29(25)33-30(26)32-23)28-24-14-12-21(18-22(24)16-17-31-28)19(2)20-8-5-4-6-9-20/h7,10-11,13,15-17,19-21H,3-6,8-9,12,14,18H2,1-2H3. The lowest BCUT2D eigenvalue weighted by atomic mass is 9.69. The Morgan fingerprint density at radius 3 is 2.70 bits per heavy atom. The number of para-hydroxylation sites is 1. The van der Waals surface area contributed by atoms with Crippen molar-refractivity contribution in [2.45, 2.75) is 71.6 Å². The maximum absolute atomic E-state index is 6.36. The van der Waals surface area contributed by atoms with E-state index in [0.717, 1.165) is 69.6 Å². The summed E-state index contributed by atoms with van der Waals surface area (Å²) >= 11 is 0. The van der Waals surface area contributed by atoms with Gasteiger partial charge in [0.2, 0.25) is 5.71 Å². The van der Waals surface area contributed by atoms with Crippen LogP contribution in [0.4, 0.5) is 0 Å². The largest absolute Gasteiger partial charge is 0.437 e. The van der Waals surface area contributed by atoms with Crippen LogP contribution in [0, 0.1) is 17.8 Å². The van der Waals surface area contributed by atoms with Gasteiger partial charge in [-0.25, -0.2) is 4.98 Å². The van der Waals surface area contributed by atoms with Crippen LogP contribution in [-0.2, 0) is 19.3 Å². The highest BCUT2D eigenvalue weighted by Crippen LogP contribution is 2.42. The number of nitrogens with zero attached hydrogens (tertiary/aromatic N) is 2. The molecular weight excluding hydrogens is 404 g/mol. The van der Waals surface area contributed by atoms with E-state index >= 15 is 0 Å². The summed E-state index contributed by atoms with van der Waals surface area (Å²) in [5.74, 6) is 2.55. The second-order valence-electron chi connectivity index (χ2n) is 10.4. The molecule has 0 bridgehead atoms. The third-order valence-electron chi connectivity index (χ3n) is 8.58. The van der Waals surface area contributed by atoms with Gasteiger partial charge >= 0.3 is 0 Å². The van der Waals surface area contributed by atoms with E-state index in [0.29, 0.717) is 0 Å². The SMILES string of the molecule is CCc1ccc2c(n1)oc1c(-c3nccc4c3CCC(C(C)C3CCCCC3)C4)cccc12. The zero-order chi connectivity index (χ0) is 22.4. The molecule has 2 aliphatic rings. The summed E-state index contributed by atoms with van der Waals surface area (Å²) in [4.78, 5) is 9.64. The lowest BCUT2D eigenvalue weighted by Crippen LogP contribution is -2.28. The molecule has 3 heterocycles. The highest BCUT2D eigenvalue weighted by molar-refractivity contribution is 6.08. The molecule has 1 aromatic carbocycles. The fraction of sp³-hybridized carbons (Fsp3) is 0.467. The number of pyridine rings is 2. The number of aryl methyl sites for hydroxylation is 1. The minimum absolute atomic E-state index is 0.739. The monoisotopic (exact) mass is 438 g/mol. The average Bonchev–Trinajstić information content (AvgIpc) is 3.26. The van der Waals surface area contributed by atoms with E-state index in [1.165, 1.54) is 56.1 Å². The van der Waals surface area contributed by atoms with Crippen LogP contribution in [0.25, 0.3) is 33.3 Å². The number of fused-ring (bicyclic) bond motifs is 4. The van der Waals surface area contributed by atoms with E-state index < -0.39 is 0 Å². The van der Waals surface area contributed by atoms with Gasteiger partial charge in [-0.1, -0.05) is 58.1 Å². The Bertz CT molecular complexity index is 1300. The molecule has 3 aromatic heterocycles. The van der Waals surface area contributed by atoms with Gasteiger partial charge in [0.05, 0.1) is 5.69 Å². The second-order valence-corrected chi connectivity index (χ2v) is 10.4. The Morgan fingerprint density at radius 2 is 1.85 bits per heavy atom. The van der Waals surface area contributed by atoms with Crippen LogP contribution in [0.1, 0.15) is 69.2 Å². The molecule has 4 aromatic rings. The number of rotatable bonds is 4. The Labute approximate surface area is 196 Å². The van der Waals surface area contributed by atoms with E-state index in [9.17, 15) is 0 Å². The van der Waals surface area contributed by atoms with Crippen LogP contribution in [0.5, 0.6) is 0 Å². The summed E-state index contributed by atoms with van der Waals surface area (Å²) in [5.41, 5.74) is 7.88. The minimum Gasteiger partial charge on any atom is -0.437 e. The smallest absolute Gasteiger partial charge is 0.227 e. The van der Waals surface area contributed by atoms with Gasteiger partial charge < -0.3 is 4.42 Å². The third-order valence-corrected chi connectivity index (χ3v) is 8.58. The van der Waals surface area contributed by atoms with Gasteiger partial charge in [0.25, 0.3) is 0 Å². The maximum atomic E-state index is 6.36. The quantitative estimate of drug-likeness (QED) is 0.325. The number of furan rings is 1. The maximum Gasteiger partial charge on any atom is 0.227 e. The van der Waals surface area contributed by atoms with Crippen molar-refractivity contribution in [3.05, 3.63) is 59.4 Å². The van der Waals surface area contributed by atoms with Crippen molar-refractivity contribution in [3.63, 3.8) is 0 Å². The molecule has 2 atom stereocenters. The van der Waals surface area contributed by atoms with E-state index in [1.807, 2.05) is 6.20 Å². The molecule has 33 heavy (non-hydrogen) atoms. The van der Waals surface area contributed by atoms with E-state index in [4.69, 9.17) is 14.4 Å². The molecule has 2 aliphatic carbocycles. The summed E-state index contributed by atoms with van der Waals surface area (Å²) in [6.07, 6.45) is 13.7. The number of hydrogen-bond acceptors (Lipinski definition) is 3. The molecule has 0 radical (unpaired) electrons. The summed E-state index contributed by atoms with van der Waals surface area (Å²) in [7, 11) is 0. The first-order chi connectivity index (χ1) is 16.2. The summed E-state index contributed by atoms with van der Waals surface area (Å²) in [6, 6.07) is 13.0. The second kappa shape index (κ2) is 8.59. The van der Waals surface area contributed by atoms with Crippen LogP contribution < -0.4 is 0 Å². The molecule has 1 fully saturated rings. The first-order valence-corrected chi connectivity index (χ1v) is 13.0. The Hall–Kier alpha value is -2.68. The van der Waals surface area contributed by atoms with Gasteiger partial charge in [-0.15, -0.1) is 0 Å². The molecule has 0 saturated heterocycles. The van der Waals surface area contributed by atoms with Crippen molar-refractivity contribution < 1.29 is 4.42 Å². The Kier molecular flexibility index (Phi) is 5.44. The first kappa shape index (κ1) is 20.9. The molecule has 0 aliphatic heterocycles. The Morgan fingerprint density at radius 1 is 0.970 bits per heavy atom. The van der Waals surface area contributed by atoms with E-state index in [1.54, 1.807) is 0 Å². The predicted molar refractivity (Wildman–Crippen MR) is 135 cm³/mol. The van der Waals surface area contributed by atoms with Gasteiger partial charge in [0.1, 0.15) is 5.58 Å². The molecule has 0 spiro atoms. The fourth-order valence-electron chi connectivity index (χ4n) is 6.54. The van der Waals surface area contributed by atoms with Crippen molar-refractivity contribution >= 4 is 22.1 Å². The molecule has 0 N–H and O–H groups in total. The molecular formula is C30H34N2O. The molecule has 1 saturated carbocycles. The van der Waals surface area contributed by atoms with Crippen LogP contribution in [0.2, 0.25) is 0 Å². The average molecular weight is 439 g/mol. The van der Waals surface area contributed by atoms with Crippen molar-refractivity contribution in [1.82, 2.24) is 9.97 Å². The third kappa shape index (κ3) is 3.66. The van der Waals surface area contributed by atoms with Gasteiger partial charge in [0.15, 0.2) is 0 Å². The Balaban J connectivity index is 1.37. The van der Waals surface area contributed by atoms with Gasteiger partial charge in [-0.2, -0.15) is 0 Å². The molecule has 6 rings (SSSR count). The molecule has 0 amide bonds. The van der Waals surface area contributed by atoms with Crippen molar-refractivity contribution in [2.75, 3.05) is 0 Å². The normalized spacial score (nSPS) is 20.2. The van der Waals surface area contributed by atoms with Crippen LogP contribution >= 0.6 is 0 Å². The molecule has 3 heteroatoms. The molecule has 3 nitrogen and oxygen atoms in total. The van der Waals surface area contributed by atoms with Crippen LogP contribution in [0.15, 0.2) is 47.0 Å². The van der Waals surface area contributed by atoms with Crippen molar-refractivity contribution in [1.29, 1.82) is 0 Å². The lowest BCUT2D eigenvalue weighted by molar-refractivity contribution is 0.180. The van der Waals surface area contributed by atoms with E-state index in [2.05, 4.69) is 50.2 Å². The summed E-state index contributed by atoms with van der Waals surface area (Å²) in [5, 5.41) is 2.23. The zero-order valence-electron chi connectivity index (χ0n) is 19.9. The summed E-state index contributed by atoms with van der Waals surface area (Å²) in [6.45, 7) is 4.66. The zero-order valence-corrected chi connectivity index (χ0v) is 19.9. The topological polar surface area (TPSA) is 38.9 Å². The van der Waals surface area contributed by atoms with Gasteiger partial charge in [-0.05, 0) is 78.8 Å². The van der Waals surface area contributed by atoms with E-state index in [-0.39, 0.29) is 0 Å². The van der Waals surface area contributed by atoms with Gasteiger partial charge in [-0.3, -0.25) is 4.98 Å². The molecule has 2 unspecified atom stereocenters. The lowest BCUT2D eigenvalue weighted by Gasteiger charge is -2.36. The van der Waals surface area contributed by atoms with Crippen LogP contribution in [-0.4, -0.2) is 9.97 Å². The number of benzene rings is 1. The minimum atomic E-state index is 0.739. The van der Waals surface area contributed by atoms with Crippen molar-refractivity contribution in [2.24, 2.45) is 17.8 Å². The van der Waals surface area contributed by atoms with Crippen molar-refractivity contribution in [3.8, 4) is 11.3 Å². The van der Waals surface area contributed by atoms with Crippen LogP contribution in [0.3, 0.4) is 0 Å². The predicted octanol–water partition coefficient (Wildman–Crippen LogP) is 7.93. The first-order valence-electron chi connectivity index (χ1n) is 13.0. The number of hydrogen-bond donors (Lipinski definition) is 0. The fourth-order valence-corrected chi connectivity index (χ4v) is 6.54. The number of aromatic nitrogens is 2.